The zero-order valence-electron chi connectivity index (χ0n) is 20.6. The maximum Gasteiger partial charge on any atom is 0.326 e. The highest BCUT2D eigenvalue weighted by atomic mass is 16.4. The third kappa shape index (κ3) is 8.58. The standard InChI is InChI=1S/C24H33N5O8/c1-12(2)7-15(25)21(33)29-19(11-30)23(35)27-17(9-20(31)32)22(34)28-18(24(36)37)8-13-10-26-16-6-4-3-5-14(13)16/h3-6,10,12,15,17-19,26,30H,7-9,11,25H2,1-2H3,(H,27,35)(H,28,34)(H,29,33)(H,31,32)(H,36,37). The van der Waals surface area contributed by atoms with Crippen LogP contribution in [0.4, 0.5) is 0 Å². The molecule has 1 aromatic heterocycles. The molecule has 202 valence electrons. The monoisotopic (exact) mass is 519 g/mol. The number of hydrogen-bond acceptors (Lipinski definition) is 7. The Bertz CT molecular complexity index is 1130. The van der Waals surface area contributed by atoms with Crippen LogP contribution in [0.15, 0.2) is 30.5 Å². The number of carboxylic acid groups (broad SMARTS) is 2. The number of fused-ring (bicyclic) bond motifs is 1. The van der Waals surface area contributed by atoms with Gasteiger partial charge in [0.1, 0.15) is 18.1 Å². The Morgan fingerprint density at radius 3 is 2.11 bits per heavy atom. The highest BCUT2D eigenvalue weighted by Crippen LogP contribution is 2.19. The minimum absolute atomic E-state index is 0.0947. The zero-order chi connectivity index (χ0) is 27.7. The van der Waals surface area contributed by atoms with E-state index < -0.39 is 66.9 Å². The smallest absolute Gasteiger partial charge is 0.326 e. The molecule has 0 saturated carbocycles. The van der Waals surface area contributed by atoms with Crippen LogP contribution in [0.2, 0.25) is 0 Å². The number of benzene rings is 1. The van der Waals surface area contributed by atoms with Crippen LogP contribution < -0.4 is 21.7 Å². The third-order valence-corrected chi connectivity index (χ3v) is 5.60. The summed E-state index contributed by atoms with van der Waals surface area (Å²) in [6.07, 6.45) is 0.961. The SMILES string of the molecule is CC(C)CC(N)C(=O)NC(CO)C(=O)NC(CC(=O)O)C(=O)NC(Cc1c[nH]c2ccccc12)C(=O)O. The van der Waals surface area contributed by atoms with Gasteiger partial charge in [-0.1, -0.05) is 32.0 Å². The van der Waals surface area contributed by atoms with Gasteiger partial charge in [-0.05, 0) is 24.0 Å². The number of H-pyrrole nitrogens is 1. The Labute approximate surface area is 212 Å². The summed E-state index contributed by atoms with van der Waals surface area (Å²) in [6, 6.07) is 1.62. The Balaban J connectivity index is 2.12. The third-order valence-electron chi connectivity index (χ3n) is 5.60. The van der Waals surface area contributed by atoms with E-state index in [0.29, 0.717) is 12.0 Å². The van der Waals surface area contributed by atoms with Crippen LogP contribution in [0.5, 0.6) is 0 Å². The lowest BCUT2D eigenvalue weighted by molar-refractivity contribution is -0.143. The molecule has 1 heterocycles. The zero-order valence-corrected chi connectivity index (χ0v) is 20.6. The minimum atomic E-state index is -1.68. The number of carbonyl (C=O) groups is 5. The first-order chi connectivity index (χ1) is 17.4. The summed E-state index contributed by atoms with van der Waals surface area (Å²) < 4.78 is 0. The fraction of sp³-hybridized carbons (Fsp3) is 0.458. The van der Waals surface area contributed by atoms with Crippen molar-refractivity contribution in [1.29, 1.82) is 0 Å². The quantitative estimate of drug-likeness (QED) is 0.154. The van der Waals surface area contributed by atoms with E-state index >= 15 is 0 Å². The van der Waals surface area contributed by atoms with Gasteiger partial charge in [-0.25, -0.2) is 4.79 Å². The molecule has 4 unspecified atom stereocenters. The number of aliphatic hydroxyl groups is 1. The Hall–Kier alpha value is -3.97. The highest BCUT2D eigenvalue weighted by Gasteiger charge is 2.32. The summed E-state index contributed by atoms with van der Waals surface area (Å²) in [5, 5.41) is 35.9. The van der Waals surface area contributed by atoms with E-state index in [9.17, 15) is 39.3 Å². The van der Waals surface area contributed by atoms with E-state index in [0.717, 1.165) is 10.9 Å². The number of carboxylic acids is 2. The molecule has 13 heteroatoms. The molecule has 0 radical (unpaired) electrons. The van der Waals surface area contributed by atoms with Crippen molar-refractivity contribution in [3.8, 4) is 0 Å². The van der Waals surface area contributed by atoms with Crippen LogP contribution in [0, 0.1) is 5.92 Å². The maximum atomic E-state index is 12.9. The number of hydrogen-bond donors (Lipinski definition) is 8. The first kappa shape index (κ1) is 29.3. The number of amides is 3. The van der Waals surface area contributed by atoms with E-state index in [1.54, 1.807) is 30.5 Å². The average Bonchev–Trinajstić information content (AvgIpc) is 3.23. The van der Waals surface area contributed by atoms with Crippen LogP contribution in [0.3, 0.4) is 0 Å². The lowest BCUT2D eigenvalue weighted by atomic mass is 10.0. The largest absolute Gasteiger partial charge is 0.481 e. The average molecular weight is 520 g/mol. The van der Waals surface area contributed by atoms with E-state index in [1.807, 2.05) is 13.8 Å². The second-order valence-electron chi connectivity index (χ2n) is 9.10. The van der Waals surface area contributed by atoms with E-state index in [2.05, 4.69) is 20.9 Å². The lowest BCUT2D eigenvalue weighted by Crippen LogP contribution is -2.58. The molecule has 0 fully saturated rings. The molecular weight excluding hydrogens is 486 g/mol. The molecule has 2 aromatic rings. The molecule has 2 rings (SSSR count). The van der Waals surface area contributed by atoms with Crippen molar-refractivity contribution in [3.63, 3.8) is 0 Å². The van der Waals surface area contributed by atoms with Crippen molar-refractivity contribution in [2.24, 2.45) is 11.7 Å². The Morgan fingerprint density at radius 1 is 0.919 bits per heavy atom. The predicted molar refractivity (Wildman–Crippen MR) is 132 cm³/mol. The maximum absolute atomic E-state index is 12.9. The molecule has 4 atom stereocenters. The van der Waals surface area contributed by atoms with Gasteiger partial charge >= 0.3 is 11.9 Å². The fourth-order valence-electron chi connectivity index (χ4n) is 3.74. The Kier molecular flexibility index (Phi) is 10.6. The van der Waals surface area contributed by atoms with Crippen LogP contribution in [0.1, 0.15) is 32.3 Å². The predicted octanol–water partition coefficient (Wildman–Crippen LogP) is -0.910. The van der Waals surface area contributed by atoms with Crippen LogP contribution in [0.25, 0.3) is 10.9 Å². The molecule has 37 heavy (non-hydrogen) atoms. The summed E-state index contributed by atoms with van der Waals surface area (Å²) in [7, 11) is 0. The molecule has 13 nitrogen and oxygen atoms in total. The summed E-state index contributed by atoms with van der Waals surface area (Å²) in [4.78, 5) is 64.0. The number of nitrogens with one attached hydrogen (secondary N) is 4. The minimum Gasteiger partial charge on any atom is -0.481 e. The van der Waals surface area contributed by atoms with Crippen molar-refractivity contribution in [3.05, 3.63) is 36.0 Å². The highest BCUT2D eigenvalue weighted by molar-refractivity contribution is 5.96. The van der Waals surface area contributed by atoms with Gasteiger partial charge in [0, 0.05) is 23.5 Å². The molecule has 0 spiro atoms. The molecular formula is C24H33N5O8. The molecule has 0 bridgehead atoms. The second kappa shape index (κ2) is 13.4. The fourth-order valence-corrected chi connectivity index (χ4v) is 3.74. The normalized spacial score (nSPS) is 14.4. The van der Waals surface area contributed by atoms with Crippen LogP contribution >= 0.6 is 0 Å². The molecule has 0 aliphatic heterocycles. The van der Waals surface area contributed by atoms with Gasteiger partial charge in [-0.2, -0.15) is 0 Å². The van der Waals surface area contributed by atoms with Gasteiger partial charge < -0.3 is 42.0 Å². The van der Waals surface area contributed by atoms with Gasteiger partial charge in [-0.15, -0.1) is 0 Å². The molecule has 1 aromatic carbocycles. The van der Waals surface area contributed by atoms with Crippen molar-refractivity contribution in [2.45, 2.75) is 57.3 Å². The number of aromatic amines is 1. The number of para-hydroxylation sites is 1. The molecule has 0 aliphatic rings. The number of aliphatic carboxylic acids is 2. The molecule has 3 amide bonds. The molecule has 0 saturated heterocycles. The number of carbonyl (C=O) groups excluding carboxylic acids is 3. The van der Waals surface area contributed by atoms with Crippen molar-refractivity contribution in [1.82, 2.24) is 20.9 Å². The summed E-state index contributed by atoms with van der Waals surface area (Å²) in [5.41, 5.74) is 7.17. The number of rotatable bonds is 14. The number of aromatic nitrogens is 1. The molecule has 9 N–H and O–H groups in total. The summed E-state index contributed by atoms with van der Waals surface area (Å²) in [5.74, 6) is -5.49. The van der Waals surface area contributed by atoms with Gasteiger partial charge in [0.05, 0.1) is 19.1 Å². The number of nitrogens with two attached hydrogens (primary N) is 1. The summed E-state index contributed by atoms with van der Waals surface area (Å²) >= 11 is 0. The van der Waals surface area contributed by atoms with E-state index in [1.165, 1.54) is 0 Å². The van der Waals surface area contributed by atoms with Gasteiger partial charge in [0.25, 0.3) is 0 Å². The lowest BCUT2D eigenvalue weighted by Gasteiger charge is -2.24. The Morgan fingerprint density at radius 2 is 1.51 bits per heavy atom. The van der Waals surface area contributed by atoms with Gasteiger partial charge in [0.15, 0.2) is 0 Å². The number of aliphatic hydroxyl groups excluding tert-OH is 1. The topological polar surface area (TPSA) is 224 Å². The van der Waals surface area contributed by atoms with Crippen LogP contribution in [-0.2, 0) is 30.4 Å². The van der Waals surface area contributed by atoms with E-state index in [-0.39, 0.29) is 12.3 Å². The first-order valence-electron chi connectivity index (χ1n) is 11.7. The van der Waals surface area contributed by atoms with Crippen molar-refractivity contribution < 1.29 is 39.3 Å². The van der Waals surface area contributed by atoms with Gasteiger partial charge in [0.2, 0.25) is 17.7 Å². The van der Waals surface area contributed by atoms with Gasteiger partial charge in [-0.3, -0.25) is 19.2 Å². The van der Waals surface area contributed by atoms with Crippen molar-refractivity contribution >= 4 is 40.6 Å². The second-order valence-corrected chi connectivity index (χ2v) is 9.10. The van der Waals surface area contributed by atoms with Crippen LogP contribution in [-0.4, -0.2) is 80.7 Å². The summed E-state index contributed by atoms with van der Waals surface area (Å²) in [6.45, 7) is 2.86. The van der Waals surface area contributed by atoms with E-state index in [4.69, 9.17) is 5.73 Å². The molecule has 0 aliphatic carbocycles. The first-order valence-corrected chi connectivity index (χ1v) is 11.7. The van der Waals surface area contributed by atoms with Crippen molar-refractivity contribution in [2.75, 3.05) is 6.61 Å².